The molecule has 4 nitrogen and oxygen atoms in total. The molecule has 18 heavy (non-hydrogen) atoms. The zero-order valence-electron chi connectivity index (χ0n) is 12.0. The standard InChI is InChI=1S/C14H26N2O2/c1-10(16-11-7-5-6-8-11)9-12(15)13(17)18-14(2,3)4/h10-11,15-16H,5-9H2,1-4H3/t10-/m0/s1. The molecule has 0 aromatic rings. The number of carbonyl (C=O) groups is 1. The largest absolute Gasteiger partial charge is 0.456 e. The lowest BCUT2D eigenvalue weighted by molar-refractivity contribution is -0.146. The molecule has 0 heterocycles. The van der Waals surface area contributed by atoms with E-state index in [1.807, 2.05) is 27.7 Å². The number of ether oxygens (including phenoxy) is 1. The number of carbonyl (C=O) groups excluding carboxylic acids is 1. The lowest BCUT2D eigenvalue weighted by Crippen LogP contribution is -2.38. The van der Waals surface area contributed by atoms with E-state index in [2.05, 4.69) is 5.32 Å². The first-order chi connectivity index (χ1) is 8.28. The van der Waals surface area contributed by atoms with Gasteiger partial charge in [-0.05, 0) is 40.5 Å². The first-order valence-corrected chi connectivity index (χ1v) is 6.85. The van der Waals surface area contributed by atoms with Crippen molar-refractivity contribution in [3.05, 3.63) is 0 Å². The Morgan fingerprint density at radius 1 is 1.39 bits per heavy atom. The van der Waals surface area contributed by atoms with E-state index in [0.29, 0.717) is 12.5 Å². The van der Waals surface area contributed by atoms with E-state index in [1.54, 1.807) is 0 Å². The van der Waals surface area contributed by atoms with Crippen LogP contribution in [0.25, 0.3) is 0 Å². The van der Waals surface area contributed by atoms with Gasteiger partial charge in [-0.1, -0.05) is 12.8 Å². The number of hydrogen-bond acceptors (Lipinski definition) is 4. The minimum Gasteiger partial charge on any atom is -0.456 e. The van der Waals surface area contributed by atoms with Crippen LogP contribution in [-0.4, -0.2) is 29.4 Å². The van der Waals surface area contributed by atoms with Crippen molar-refractivity contribution in [3.8, 4) is 0 Å². The van der Waals surface area contributed by atoms with Gasteiger partial charge in [-0.15, -0.1) is 0 Å². The van der Waals surface area contributed by atoms with Gasteiger partial charge in [0.05, 0.1) is 0 Å². The summed E-state index contributed by atoms with van der Waals surface area (Å²) in [6, 6.07) is 0.722. The van der Waals surface area contributed by atoms with E-state index in [-0.39, 0.29) is 11.8 Å². The normalized spacial score (nSPS) is 18.7. The van der Waals surface area contributed by atoms with Crippen LogP contribution in [0.2, 0.25) is 0 Å². The summed E-state index contributed by atoms with van der Waals surface area (Å²) in [5.41, 5.74) is -0.464. The lowest BCUT2D eigenvalue weighted by atomic mass is 10.1. The highest BCUT2D eigenvalue weighted by molar-refractivity contribution is 6.35. The Morgan fingerprint density at radius 2 is 1.94 bits per heavy atom. The summed E-state index contributed by atoms with van der Waals surface area (Å²) < 4.78 is 5.18. The van der Waals surface area contributed by atoms with Gasteiger partial charge in [0.25, 0.3) is 0 Å². The van der Waals surface area contributed by atoms with Gasteiger partial charge in [-0.3, -0.25) is 5.41 Å². The van der Waals surface area contributed by atoms with Gasteiger partial charge in [-0.2, -0.15) is 0 Å². The molecule has 1 rings (SSSR count). The maximum Gasteiger partial charge on any atom is 0.352 e. The third kappa shape index (κ3) is 5.63. The molecule has 104 valence electrons. The molecule has 1 saturated carbocycles. The highest BCUT2D eigenvalue weighted by atomic mass is 16.6. The zero-order chi connectivity index (χ0) is 13.8. The summed E-state index contributed by atoms with van der Waals surface area (Å²) in [5.74, 6) is -0.498. The second kappa shape index (κ2) is 6.32. The van der Waals surface area contributed by atoms with E-state index in [0.717, 1.165) is 0 Å². The van der Waals surface area contributed by atoms with Crippen LogP contribution in [0.4, 0.5) is 0 Å². The Labute approximate surface area is 110 Å². The quantitative estimate of drug-likeness (QED) is 0.585. The molecule has 1 fully saturated rings. The van der Waals surface area contributed by atoms with E-state index >= 15 is 0 Å². The molecule has 0 amide bonds. The summed E-state index contributed by atoms with van der Waals surface area (Å²) in [6.07, 6.45) is 5.43. The van der Waals surface area contributed by atoms with Crippen molar-refractivity contribution in [2.24, 2.45) is 0 Å². The maximum absolute atomic E-state index is 11.7. The van der Waals surface area contributed by atoms with Gasteiger partial charge < -0.3 is 10.1 Å². The number of nitrogens with one attached hydrogen (secondary N) is 2. The fourth-order valence-corrected chi connectivity index (χ4v) is 2.28. The molecule has 0 unspecified atom stereocenters. The van der Waals surface area contributed by atoms with Gasteiger partial charge in [-0.25, -0.2) is 4.79 Å². The highest BCUT2D eigenvalue weighted by Gasteiger charge is 2.23. The summed E-state index contributed by atoms with van der Waals surface area (Å²) in [7, 11) is 0. The van der Waals surface area contributed by atoms with Crippen LogP contribution >= 0.6 is 0 Å². The Bertz CT molecular complexity index is 301. The molecule has 0 aromatic carbocycles. The fourth-order valence-electron chi connectivity index (χ4n) is 2.28. The Balaban J connectivity index is 2.32. The predicted octanol–water partition coefficient (Wildman–Crippen LogP) is 2.66. The van der Waals surface area contributed by atoms with Crippen LogP contribution in [-0.2, 0) is 9.53 Å². The van der Waals surface area contributed by atoms with Gasteiger partial charge >= 0.3 is 5.97 Å². The average Bonchev–Trinajstić information content (AvgIpc) is 2.67. The molecule has 0 spiro atoms. The van der Waals surface area contributed by atoms with Crippen LogP contribution < -0.4 is 5.32 Å². The average molecular weight is 254 g/mol. The first-order valence-electron chi connectivity index (χ1n) is 6.85. The molecule has 1 aliphatic rings. The van der Waals surface area contributed by atoms with Crippen LogP contribution in [0.3, 0.4) is 0 Å². The van der Waals surface area contributed by atoms with Crippen molar-refractivity contribution in [2.45, 2.75) is 77.5 Å². The summed E-state index contributed by atoms with van der Waals surface area (Å²) in [4.78, 5) is 11.7. The molecule has 1 atom stereocenters. The maximum atomic E-state index is 11.7. The third-order valence-corrected chi connectivity index (χ3v) is 3.03. The number of hydrogen-bond donors (Lipinski definition) is 2. The molecular formula is C14H26N2O2. The monoisotopic (exact) mass is 254 g/mol. The SMILES string of the molecule is C[C@@H](CC(=N)C(=O)OC(C)(C)C)NC1CCCC1. The Morgan fingerprint density at radius 3 is 2.44 bits per heavy atom. The number of esters is 1. The molecule has 4 heteroatoms. The number of rotatable bonds is 5. The molecule has 2 N–H and O–H groups in total. The zero-order valence-corrected chi connectivity index (χ0v) is 12.0. The van der Waals surface area contributed by atoms with Crippen molar-refractivity contribution < 1.29 is 9.53 Å². The highest BCUT2D eigenvalue weighted by Crippen LogP contribution is 2.18. The van der Waals surface area contributed by atoms with E-state index in [9.17, 15) is 4.79 Å². The van der Waals surface area contributed by atoms with Gasteiger partial charge in [0.1, 0.15) is 11.3 Å². The topological polar surface area (TPSA) is 62.2 Å². The van der Waals surface area contributed by atoms with Crippen LogP contribution in [0.5, 0.6) is 0 Å². The summed E-state index contributed by atoms with van der Waals surface area (Å²) in [6.45, 7) is 7.48. The van der Waals surface area contributed by atoms with E-state index in [4.69, 9.17) is 10.1 Å². The van der Waals surface area contributed by atoms with Crippen molar-refractivity contribution >= 4 is 11.7 Å². The fraction of sp³-hybridized carbons (Fsp3) is 0.857. The molecule has 0 aliphatic heterocycles. The van der Waals surface area contributed by atoms with Gasteiger partial charge in [0.2, 0.25) is 0 Å². The van der Waals surface area contributed by atoms with Crippen molar-refractivity contribution in [3.63, 3.8) is 0 Å². The minimum atomic E-state index is -0.522. The van der Waals surface area contributed by atoms with Crippen LogP contribution in [0.15, 0.2) is 0 Å². The predicted molar refractivity (Wildman–Crippen MR) is 73.0 cm³/mol. The Hall–Kier alpha value is -0.900. The third-order valence-electron chi connectivity index (χ3n) is 3.03. The first kappa shape index (κ1) is 15.2. The second-order valence-electron chi connectivity index (χ2n) is 6.23. The molecule has 0 bridgehead atoms. The van der Waals surface area contributed by atoms with E-state index in [1.165, 1.54) is 25.7 Å². The molecule has 0 radical (unpaired) electrons. The molecular weight excluding hydrogens is 228 g/mol. The van der Waals surface area contributed by atoms with Crippen molar-refractivity contribution in [2.75, 3.05) is 0 Å². The molecule has 0 aromatic heterocycles. The van der Waals surface area contributed by atoms with E-state index < -0.39 is 11.6 Å². The Kier molecular flexibility index (Phi) is 5.32. The van der Waals surface area contributed by atoms with Gasteiger partial charge in [0, 0.05) is 18.5 Å². The summed E-state index contributed by atoms with van der Waals surface area (Å²) >= 11 is 0. The van der Waals surface area contributed by atoms with Crippen LogP contribution in [0.1, 0.15) is 59.8 Å². The van der Waals surface area contributed by atoms with Crippen molar-refractivity contribution in [1.82, 2.24) is 5.32 Å². The molecule has 0 saturated heterocycles. The summed E-state index contributed by atoms with van der Waals surface area (Å²) in [5, 5.41) is 11.2. The van der Waals surface area contributed by atoms with Crippen molar-refractivity contribution in [1.29, 1.82) is 5.41 Å². The van der Waals surface area contributed by atoms with Gasteiger partial charge in [0.15, 0.2) is 0 Å². The molecule has 1 aliphatic carbocycles. The minimum absolute atomic E-state index is 0.0583. The van der Waals surface area contributed by atoms with Crippen LogP contribution in [0, 0.1) is 5.41 Å². The smallest absolute Gasteiger partial charge is 0.352 e. The lowest BCUT2D eigenvalue weighted by Gasteiger charge is -2.22. The second-order valence-corrected chi connectivity index (χ2v) is 6.23.